The van der Waals surface area contributed by atoms with E-state index in [2.05, 4.69) is 5.32 Å². The fourth-order valence-corrected chi connectivity index (χ4v) is 2.91. The fourth-order valence-electron chi connectivity index (χ4n) is 2.48. The monoisotopic (exact) mass is 401 g/mol. The van der Waals surface area contributed by atoms with Gasteiger partial charge in [0.05, 0.1) is 17.7 Å². The highest BCUT2D eigenvalue weighted by molar-refractivity contribution is 6.32. The topological polar surface area (TPSA) is 47.6 Å². The van der Waals surface area contributed by atoms with Crippen molar-refractivity contribution in [1.82, 2.24) is 0 Å². The maximum absolute atomic E-state index is 12.7. The number of benzene rings is 3. The molecule has 0 bridgehead atoms. The van der Waals surface area contributed by atoms with Crippen molar-refractivity contribution in [1.29, 1.82) is 0 Å². The van der Waals surface area contributed by atoms with E-state index in [1.54, 1.807) is 36.4 Å². The first-order valence-electron chi connectivity index (χ1n) is 8.18. The molecule has 0 atom stereocenters. The van der Waals surface area contributed by atoms with Gasteiger partial charge in [-0.25, -0.2) is 0 Å². The number of amides is 1. The molecule has 0 aliphatic rings. The van der Waals surface area contributed by atoms with Crippen molar-refractivity contribution in [3.63, 3.8) is 0 Å². The zero-order chi connectivity index (χ0) is 19.2. The van der Waals surface area contributed by atoms with Crippen LogP contribution in [-0.2, 0) is 6.61 Å². The molecule has 1 N–H and O–H groups in total. The van der Waals surface area contributed by atoms with Gasteiger partial charge in [0.2, 0.25) is 0 Å². The lowest BCUT2D eigenvalue weighted by atomic mass is 10.1. The number of carbonyl (C=O) groups is 1. The smallest absolute Gasteiger partial charge is 0.259 e. The molecule has 0 saturated carbocycles. The highest BCUT2D eigenvalue weighted by Gasteiger charge is 2.15. The van der Waals surface area contributed by atoms with Crippen molar-refractivity contribution in [2.24, 2.45) is 0 Å². The molecule has 27 heavy (non-hydrogen) atoms. The van der Waals surface area contributed by atoms with Crippen LogP contribution < -0.4 is 14.8 Å². The molecule has 3 aromatic rings. The minimum absolute atomic E-state index is 0.338. The van der Waals surface area contributed by atoms with Gasteiger partial charge in [-0.2, -0.15) is 0 Å². The van der Waals surface area contributed by atoms with Gasteiger partial charge in [-0.15, -0.1) is 0 Å². The Morgan fingerprint density at radius 2 is 1.70 bits per heavy atom. The summed E-state index contributed by atoms with van der Waals surface area (Å²) in [6.07, 6.45) is 0. The third kappa shape index (κ3) is 4.94. The summed E-state index contributed by atoms with van der Waals surface area (Å²) in [7, 11) is 1.53. The summed E-state index contributed by atoms with van der Waals surface area (Å²) in [6, 6.07) is 19.7. The average molecular weight is 402 g/mol. The van der Waals surface area contributed by atoms with Crippen molar-refractivity contribution < 1.29 is 14.3 Å². The molecule has 0 fully saturated rings. The minimum atomic E-state index is -0.346. The first-order chi connectivity index (χ1) is 13.1. The van der Waals surface area contributed by atoms with Crippen LogP contribution >= 0.6 is 23.2 Å². The van der Waals surface area contributed by atoms with Crippen LogP contribution in [0.4, 0.5) is 5.69 Å². The van der Waals surface area contributed by atoms with E-state index in [-0.39, 0.29) is 5.91 Å². The minimum Gasteiger partial charge on any atom is -0.495 e. The molecule has 3 rings (SSSR count). The van der Waals surface area contributed by atoms with Crippen LogP contribution in [0, 0.1) is 0 Å². The summed E-state index contributed by atoms with van der Waals surface area (Å²) in [4.78, 5) is 12.7. The highest BCUT2D eigenvalue weighted by Crippen LogP contribution is 2.29. The summed E-state index contributed by atoms with van der Waals surface area (Å²) >= 11 is 12.2. The maximum atomic E-state index is 12.7. The van der Waals surface area contributed by atoms with E-state index in [1.807, 2.05) is 30.3 Å². The van der Waals surface area contributed by atoms with E-state index < -0.39 is 0 Å². The van der Waals surface area contributed by atoms with Crippen molar-refractivity contribution in [2.45, 2.75) is 6.61 Å². The molecule has 0 aliphatic carbocycles. The van der Waals surface area contributed by atoms with Gasteiger partial charge in [-0.1, -0.05) is 53.5 Å². The number of anilines is 1. The van der Waals surface area contributed by atoms with Crippen LogP contribution in [0.5, 0.6) is 11.5 Å². The summed E-state index contributed by atoms with van der Waals surface area (Å²) in [5.74, 6) is 0.631. The van der Waals surface area contributed by atoms with Crippen LogP contribution in [0.25, 0.3) is 0 Å². The molecular formula is C21H17Cl2NO3. The molecule has 3 aromatic carbocycles. The fraction of sp³-hybridized carbons (Fsp3) is 0.0952. The van der Waals surface area contributed by atoms with E-state index in [0.717, 1.165) is 5.56 Å². The lowest BCUT2D eigenvalue weighted by molar-refractivity contribution is 0.102. The lowest BCUT2D eigenvalue weighted by Crippen LogP contribution is -2.14. The van der Waals surface area contributed by atoms with Gasteiger partial charge in [0, 0.05) is 10.7 Å². The molecule has 0 spiro atoms. The highest BCUT2D eigenvalue weighted by atomic mass is 35.5. The van der Waals surface area contributed by atoms with Gasteiger partial charge in [0.1, 0.15) is 18.1 Å². The molecule has 6 heteroatoms. The second-order valence-corrected chi connectivity index (χ2v) is 6.56. The van der Waals surface area contributed by atoms with Crippen LogP contribution in [0.15, 0.2) is 66.7 Å². The summed E-state index contributed by atoms with van der Waals surface area (Å²) < 4.78 is 10.9. The van der Waals surface area contributed by atoms with E-state index in [1.165, 1.54) is 7.11 Å². The van der Waals surface area contributed by atoms with E-state index in [9.17, 15) is 4.79 Å². The predicted octanol–water partition coefficient (Wildman–Crippen LogP) is 5.83. The van der Waals surface area contributed by atoms with Crippen molar-refractivity contribution in [2.75, 3.05) is 12.4 Å². The second kappa shape index (κ2) is 8.80. The Morgan fingerprint density at radius 1 is 0.963 bits per heavy atom. The van der Waals surface area contributed by atoms with Gasteiger partial charge in [-0.05, 0) is 42.0 Å². The van der Waals surface area contributed by atoms with Crippen LogP contribution in [0.3, 0.4) is 0 Å². The molecule has 1 amide bonds. The Hall–Kier alpha value is -2.69. The predicted molar refractivity (Wildman–Crippen MR) is 108 cm³/mol. The molecule has 0 unspecified atom stereocenters. The molecule has 0 saturated heterocycles. The summed E-state index contributed by atoms with van der Waals surface area (Å²) in [5, 5.41) is 3.65. The van der Waals surface area contributed by atoms with Crippen LogP contribution in [0.2, 0.25) is 10.0 Å². The lowest BCUT2D eigenvalue weighted by Gasteiger charge is -2.13. The molecule has 0 heterocycles. The zero-order valence-corrected chi connectivity index (χ0v) is 16.1. The van der Waals surface area contributed by atoms with Crippen LogP contribution in [0.1, 0.15) is 15.9 Å². The third-order valence-electron chi connectivity index (χ3n) is 3.83. The first-order valence-corrected chi connectivity index (χ1v) is 8.93. The zero-order valence-electron chi connectivity index (χ0n) is 14.5. The molecular weight excluding hydrogens is 385 g/mol. The maximum Gasteiger partial charge on any atom is 0.259 e. The SMILES string of the molecule is COc1ccc(NC(=O)c2cc(Cl)ccc2OCc2ccccc2)cc1Cl. The molecule has 0 radical (unpaired) electrons. The van der Waals surface area contributed by atoms with Gasteiger partial charge in [-0.3, -0.25) is 4.79 Å². The number of hydrogen-bond acceptors (Lipinski definition) is 3. The summed E-state index contributed by atoms with van der Waals surface area (Å²) in [6.45, 7) is 0.344. The normalized spacial score (nSPS) is 10.3. The number of carbonyl (C=O) groups excluding carboxylic acids is 1. The Kier molecular flexibility index (Phi) is 6.22. The van der Waals surface area contributed by atoms with Crippen LogP contribution in [-0.4, -0.2) is 13.0 Å². The Bertz CT molecular complexity index is 945. The summed E-state index contributed by atoms with van der Waals surface area (Å²) in [5.41, 5.74) is 1.88. The molecule has 138 valence electrons. The largest absolute Gasteiger partial charge is 0.495 e. The number of ether oxygens (including phenoxy) is 2. The number of rotatable bonds is 6. The average Bonchev–Trinajstić information content (AvgIpc) is 2.68. The van der Waals surface area contributed by atoms with Crippen molar-refractivity contribution in [3.05, 3.63) is 87.9 Å². The number of methoxy groups -OCH3 is 1. The molecule has 0 aromatic heterocycles. The number of nitrogens with one attached hydrogen (secondary N) is 1. The van der Waals surface area contributed by atoms with Gasteiger partial charge < -0.3 is 14.8 Å². The Labute approximate surface area is 167 Å². The number of hydrogen-bond donors (Lipinski definition) is 1. The van der Waals surface area contributed by atoms with Gasteiger partial charge in [0.15, 0.2) is 0 Å². The first kappa shape index (κ1) is 19.1. The number of halogens is 2. The molecule has 0 aliphatic heterocycles. The quantitative estimate of drug-likeness (QED) is 0.564. The van der Waals surface area contributed by atoms with E-state index >= 15 is 0 Å². The van der Waals surface area contributed by atoms with E-state index in [4.69, 9.17) is 32.7 Å². The van der Waals surface area contributed by atoms with Crippen molar-refractivity contribution >= 4 is 34.8 Å². The third-order valence-corrected chi connectivity index (χ3v) is 4.36. The molecule has 4 nitrogen and oxygen atoms in total. The van der Waals surface area contributed by atoms with Crippen molar-refractivity contribution in [3.8, 4) is 11.5 Å². The van der Waals surface area contributed by atoms with E-state index in [0.29, 0.717) is 39.4 Å². The Balaban J connectivity index is 1.79. The Morgan fingerprint density at radius 3 is 2.41 bits per heavy atom. The van der Waals surface area contributed by atoms with Gasteiger partial charge in [0.25, 0.3) is 5.91 Å². The van der Waals surface area contributed by atoms with Gasteiger partial charge >= 0.3 is 0 Å². The second-order valence-electron chi connectivity index (χ2n) is 5.72. The standard InChI is InChI=1S/C21H17Cl2NO3/c1-26-20-10-8-16(12-18(20)23)24-21(25)17-11-15(22)7-9-19(17)27-13-14-5-3-2-4-6-14/h2-12H,13H2,1H3,(H,24,25).